The number of halogens is 1. The Morgan fingerprint density at radius 3 is 2.15 bits per heavy atom. The van der Waals surface area contributed by atoms with Gasteiger partial charge in [0.15, 0.2) is 0 Å². The van der Waals surface area contributed by atoms with Crippen LogP contribution in [0.2, 0.25) is 5.02 Å². The van der Waals surface area contributed by atoms with Gasteiger partial charge in [-0.1, -0.05) is 55.8 Å². The van der Waals surface area contributed by atoms with Crippen molar-refractivity contribution >= 4 is 35.2 Å². The molecule has 34 heavy (non-hydrogen) atoms. The van der Waals surface area contributed by atoms with E-state index in [1.54, 1.807) is 43.3 Å². The van der Waals surface area contributed by atoms with Crippen LogP contribution in [-0.2, 0) is 16.1 Å². The summed E-state index contributed by atoms with van der Waals surface area (Å²) in [5, 5.41) is 3.39. The highest BCUT2D eigenvalue weighted by atomic mass is 35.5. The van der Waals surface area contributed by atoms with E-state index in [1.807, 2.05) is 26.0 Å². The third-order valence-corrected chi connectivity index (χ3v) is 6.17. The topological polar surface area (TPSA) is 86.8 Å². The van der Waals surface area contributed by atoms with Crippen molar-refractivity contribution in [2.45, 2.75) is 46.2 Å². The molecule has 2 aromatic rings. The van der Waals surface area contributed by atoms with E-state index in [1.165, 1.54) is 9.80 Å². The number of amides is 4. The van der Waals surface area contributed by atoms with Crippen molar-refractivity contribution in [2.24, 2.45) is 5.92 Å². The SMILES string of the molecule is CC(C)CNC(=O)C(C)N(Cc1ccccc1Cl)C(=O)CCCN1C(=O)c2ccccc2C1=O. The largest absolute Gasteiger partial charge is 0.354 e. The zero-order valence-corrected chi connectivity index (χ0v) is 20.5. The van der Waals surface area contributed by atoms with Gasteiger partial charge < -0.3 is 10.2 Å². The van der Waals surface area contributed by atoms with E-state index in [0.717, 1.165) is 5.56 Å². The summed E-state index contributed by atoms with van der Waals surface area (Å²) in [6.07, 6.45) is 0.378. The molecule has 8 heteroatoms. The molecule has 2 aromatic carbocycles. The molecule has 0 fully saturated rings. The minimum Gasteiger partial charge on any atom is -0.354 e. The molecule has 180 valence electrons. The van der Waals surface area contributed by atoms with Gasteiger partial charge in [0.05, 0.1) is 11.1 Å². The summed E-state index contributed by atoms with van der Waals surface area (Å²) in [6.45, 7) is 6.51. The first-order chi connectivity index (χ1) is 16.2. The summed E-state index contributed by atoms with van der Waals surface area (Å²) in [5.74, 6) is -0.897. The number of nitrogens with one attached hydrogen (secondary N) is 1. The molecule has 1 unspecified atom stereocenters. The van der Waals surface area contributed by atoms with Gasteiger partial charge in [0.1, 0.15) is 6.04 Å². The molecule has 0 aliphatic carbocycles. The lowest BCUT2D eigenvalue weighted by Crippen LogP contribution is -2.48. The fourth-order valence-corrected chi connectivity index (χ4v) is 4.01. The molecule has 0 saturated heterocycles. The van der Waals surface area contributed by atoms with Crippen molar-refractivity contribution in [1.82, 2.24) is 15.1 Å². The van der Waals surface area contributed by atoms with Crippen molar-refractivity contribution in [3.63, 3.8) is 0 Å². The molecule has 1 atom stereocenters. The van der Waals surface area contributed by atoms with Crippen molar-refractivity contribution in [3.8, 4) is 0 Å². The Balaban J connectivity index is 1.67. The van der Waals surface area contributed by atoms with E-state index in [0.29, 0.717) is 29.1 Å². The van der Waals surface area contributed by atoms with E-state index >= 15 is 0 Å². The molecule has 0 spiro atoms. The van der Waals surface area contributed by atoms with Crippen LogP contribution in [0.1, 0.15) is 59.9 Å². The maximum Gasteiger partial charge on any atom is 0.261 e. The molecule has 0 radical (unpaired) electrons. The molecular formula is C26H30ClN3O4. The standard InChI is InChI=1S/C26H30ClN3O4/c1-17(2)15-28-24(32)18(3)30(16-19-9-4-7-12-22(19)27)23(31)13-8-14-29-25(33)20-10-5-6-11-21(20)26(29)34/h4-7,9-12,17-18H,8,13-16H2,1-3H3,(H,28,32). The van der Waals surface area contributed by atoms with Crippen LogP contribution in [0.5, 0.6) is 0 Å². The fourth-order valence-electron chi connectivity index (χ4n) is 3.82. The highest BCUT2D eigenvalue weighted by Crippen LogP contribution is 2.23. The summed E-state index contributed by atoms with van der Waals surface area (Å²) in [5.41, 5.74) is 1.51. The molecule has 1 N–H and O–H groups in total. The fraction of sp³-hybridized carbons (Fsp3) is 0.385. The Morgan fingerprint density at radius 2 is 1.56 bits per heavy atom. The maximum absolute atomic E-state index is 13.2. The average molecular weight is 484 g/mol. The third-order valence-electron chi connectivity index (χ3n) is 5.80. The lowest BCUT2D eigenvalue weighted by molar-refractivity contribution is -0.140. The summed E-state index contributed by atoms with van der Waals surface area (Å²) in [6, 6.07) is 13.2. The van der Waals surface area contributed by atoms with Crippen LogP contribution in [0.4, 0.5) is 0 Å². The van der Waals surface area contributed by atoms with Crippen molar-refractivity contribution in [1.29, 1.82) is 0 Å². The first kappa shape index (κ1) is 25.4. The van der Waals surface area contributed by atoms with Crippen LogP contribution < -0.4 is 5.32 Å². The van der Waals surface area contributed by atoms with Gasteiger partial charge in [0, 0.05) is 31.1 Å². The number of hydrogen-bond acceptors (Lipinski definition) is 4. The van der Waals surface area contributed by atoms with Gasteiger partial charge in [-0.25, -0.2) is 0 Å². The second-order valence-electron chi connectivity index (χ2n) is 8.84. The smallest absolute Gasteiger partial charge is 0.261 e. The molecule has 3 rings (SSSR count). The Bertz CT molecular complexity index is 1050. The monoisotopic (exact) mass is 483 g/mol. The Morgan fingerprint density at radius 1 is 0.971 bits per heavy atom. The number of imide groups is 1. The van der Waals surface area contributed by atoms with Crippen LogP contribution in [0.15, 0.2) is 48.5 Å². The second-order valence-corrected chi connectivity index (χ2v) is 9.25. The van der Waals surface area contributed by atoms with Gasteiger partial charge in [-0.3, -0.25) is 24.1 Å². The van der Waals surface area contributed by atoms with E-state index < -0.39 is 6.04 Å². The highest BCUT2D eigenvalue weighted by molar-refractivity contribution is 6.31. The Labute approximate surface area is 205 Å². The Hall–Kier alpha value is -3.19. The number of nitrogens with zero attached hydrogens (tertiary/aromatic N) is 2. The molecule has 1 heterocycles. The molecule has 1 aliphatic rings. The summed E-state index contributed by atoms with van der Waals surface area (Å²) in [7, 11) is 0. The molecule has 0 bridgehead atoms. The maximum atomic E-state index is 13.2. The lowest BCUT2D eigenvalue weighted by atomic mass is 10.1. The minimum atomic E-state index is -0.707. The summed E-state index contributed by atoms with van der Waals surface area (Å²) >= 11 is 6.31. The highest BCUT2D eigenvalue weighted by Gasteiger charge is 2.35. The number of hydrogen-bond donors (Lipinski definition) is 1. The van der Waals surface area contributed by atoms with Crippen LogP contribution in [-0.4, -0.2) is 52.6 Å². The van der Waals surface area contributed by atoms with Gasteiger partial charge in [-0.15, -0.1) is 0 Å². The number of rotatable bonds is 10. The number of benzene rings is 2. The van der Waals surface area contributed by atoms with Gasteiger partial charge in [0.2, 0.25) is 11.8 Å². The van der Waals surface area contributed by atoms with Gasteiger partial charge >= 0.3 is 0 Å². The zero-order chi connectivity index (χ0) is 24.8. The second kappa shape index (κ2) is 11.3. The van der Waals surface area contributed by atoms with Crippen LogP contribution in [0, 0.1) is 5.92 Å². The van der Waals surface area contributed by atoms with Crippen LogP contribution in [0.3, 0.4) is 0 Å². The van der Waals surface area contributed by atoms with Crippen molar-refractivity contribution in [3.05, 3.63) is 70.2 Å². The first-order valence-corrected chi connectivity index (χ1v) is 11.8. The van der Waals surface area contributed by atoms with Gasteiger partial charge in [-0.2, -0.15) is 0 Å². The van der Waals surface area contributed by atoms with E-state index in [9.17, 15) is 19.2 Å². The molecule has 7 nitrogen and oxygen atoms in total. The molecule has 1 aliphatic heterocycles. The summed E-state index contributed by atoms with van der Waals surface area (Å²) in [4.78, 5) is 53.7. The van der Waals surface area contributed by atoms with E-state index in [-0.39, 0.29) is 49.1 Å². The number of carbonyl (C=O) groups is 4. The quantitative estimate of drug-likeness (QED) is 0.519. The van der Waals surface area contributed by atoms with Crippen molar-refractivity contribution < 1.29 is 19.2 Å². The molecular weight excluding hydrogens is 454 g/mol. The van der Waals surface area contributed by atoms with Gasteiger partial charge in [0.25, 0.3) is 11.8 Å². The third kappa shape index (κ3) is 5.83. The van der Waals surface area contributed by atoms with E-state index in [4.69, 9.17) is 11.6 Å². The lowest BCUT2D eigenvalue weighted by Gasteiger charge is -2.29. The summed E-state index contributed by atoms with van der Waals surface area (Å²) < 4.78 is 0. The minimum absolute atomic E-state index is 0.0830. The number of carbonyl (C=O) groups excluding carboxylic acids is 4. The van der Waals surface area contributed by atoms with E-state index in [2.05, 4.69) is 5.32 Å². The van der Waals surface area contributed by atoms with Crippen LogP contribution >= 0.6 is 11.6 Å². The normalized spacial score (nSPS) is 13.7. The number of fused-ring (bicyclic) bond motifs is 1. The van der Waals surface area contributed by atoms with Crippen molar-refractivity contribution in [2.75, 3.05) is 13.1 Å². The van der Waals surface area contributed by atoms with Gasteiger partial charge in [-0.05, 0) is 43.0 Å². The Kier molecular flexibility index (Phi) is 8.45. The predicted molar refractivity (Wildman–Crippen MR) is 130 cm³/mol. The molecule has 4 amide bonds. The van der Waals surface area contributed by atoms with Crippen LogP contribution in [0.25, 0.3) is 0 Å². The molecule has 0 saturated carbocycles. The predicted octanol–water partition coefficient (Wildman–Crippen LogP) is 3.91. The zero-order valence-electron chi connectivity index (χ0n) is 19.7. The first-order valence-electron chi connectivity index (χ1n) is 11.5. The molecule has 0 aromatic heterocycles. The average Bonchev–Trinajstić information content (AvgIpc) is 3.06.